The zero-order valence-electron chi connectivity index (χ0n) is 16.5. The molecule has 1 aliphatic heterocycles. The molecule has 0 aliphatic carbocycles. The van der Waals surface area contributed by atoms with E-state index in [-0.39, 0.29) is 18.2 Å². The fraction of sp³-hybridized carbons (Fsp3) is 0.261. The molecule has 3 aromatic rings. The van der Waals surface area contributed by atoms with E-state index in [0.717, 1.165) is 23.3 Å². The van der Waals surface area contributed by atoms with E-state index in [1.165, 1.54) is 11.3 Å². The molecule has 2 heterocycles. The van der Waals surface area contributed by atoms with E-state index in [0.29, 0.717) is 36.9 Å². The van der Waals surface area contributed by atoms with Crippen molar-refractivity contribution in [1.29, 1.82) is 0 Å². The summed E-state index contributed by atoms with van der Waals surface area (Å²) in [6, 6.07) is 17.7. The second-order valence-corrected chi connectivity index (χ2v) is 7.98. The molecule has 0 atom stereocenters. The number of nitrogens with one attached hydrogen (secondary N) is 1. The van der Waals surface area contributed by atoms with Gasteiger partial charge in [-0.05, 0) is 29.7 Å². The quantitative estimate of drug-likeness (QED) is 0.602. The van der Waals surface area contributed by atoms with Gasteiger partial charge in [0.15, 0.2) is 5.13 Å². The first-order chi connectivity index (χ1) is 14.7. The lowest BCUT2D eigenvalue weighted by Crippen LogP contribution is -2.25. The molecule has 1 aliphatic rings. The molecule has 1 saturated heterocycles. The third-order valence-electron chi connectivity index (χ3n) is 4.82. The second-order valence-electron chi connectivity index (χ2n) is 7.15. The van der Waals surface area contributed by atoms with Crippen LogP contribution in [0.4, 0.5) is 5.13 Å². The van der Waals surface area contributed by atoms with Gasteiger partial charge in [-0.1, -0.05) is 42.5 Å². The predicted octanol–water partition coefficient (Wildman–Crippen LogP) is 3.71. The first-order valence-corrected chi connectivity index (χ1v) is 10.8. The highest BCUT2D eigenvalue weighted by Crippen LogP contribution is 2.25. The van der Waals surface area contributed by atoms with Crippen LogP contribution in [0.2, 0.25) is 0 Å². The molecule has 0 spiro atoms. The van der Waals surface area contributed by atoms with Crippen molar-refractivity contribution in [3.05, 3.63) is 76.8 Å². The van der Waals surface area contributed by atoms with Crippen molar-refractivity contribution in [2.45, 2.75) is 32.4 Å². The standard InChI is InChI=1S/C23H23N3O3S/c27-21(13-19-16-30-23(25-19)26-11-5-10-22(26)28)24-14-17-6-4-7-18(12-17)15-29-20-8-2-1-3-9-20/h1-4,6-9,12,16H,5,10-11,13-15H2,(H,24,27). The van der Waals surface area contributed by atoms with Crippen LogP contribution in [-0.4, -0.2) is 23.3 Å². The summed E-state index contributed by atoms with van der Waals surface area (Å²) in [7, 11) is 0. The van der Waals surface area contributed by atoms with E-state index >= 15 is 0 Å². The lowest BCUT2D eigenvalue weighted by Gasteiger charge is -2.10. The normalized spacial score (nSPS) is 13.5. The summed E-state index contributed by atoms with van der Waals surface area (Å²) in [6.45, 7) is 1.63. The SMILES string of the molecule is O=C(Cc1csc(N2CCCC2=O)n1)NCc1cccc(COc2ccccc2)c1. The maximum absolute atomic E-state index is 12.3. The monoisotopic (exact) mass is 421 g/mol. The Morgan fingerprint density at radius 3 is 2.77 bits per heavy atom. The molecule has 30 heavy (non-hydrogen) atoms. The molecule has 1 N–H and O–H groups in total. The van der Waals surface area contributed by atoms with Crippen molar-refractivity contribution in [3.63, 3.8) is 0 Å². The number of anilines is 1. The molecular formula is C23H23N3O3S. The molecule has 1 fully saturated rings. The average Bonchev–Trinajstić information content (AvgIpc) is 3.40. The van der Waals surface area contributed by atoms with E-state index in [2.05, 4.69) is 10.3 Å². The minimum absolute atomic E-state index is 0.0921. The molecule has 2 amide bonds. The lowest BCUT2D eigenvalue weighted by atomic mass is 10.1. The molecule has 154 valence electrons. The Hall–Kier alpha value is -3.19. The summed E-state index contributed by atoms with van der Waals surface area (Å²) in [5.74, 6) is 0.844. The van der Waals surface area contributed by atoms with Gasteiger partial charge < -0.3 is 10.1 Å². The maximum atomic E-state index is 12.3. The summed E-state index contributed by atoms with van der Waals surface area (Å²) in [6.07, 6.45) is 1.64. The van der Waals surface area contributed by atoms with E-state index in [1.807, 2.05) is 60.0 Å². The average molecular weight is 422 g/mol. The number of aromatic nitrogens is 1. The number of ether oxygens (including phenoxy) is 1. The van der Waals surface area contributed by atoms with E-state index in [1.54, 1.807) is 4.90 Å². The van der Waals surface area contributed by atoms with Gasteiger partial charge in [0.25, 0.3) is 0 Å². The highest BCUT2D eigenvalue weighted by molar-refractivity contribution is 7.14. The van der Waals surface area contributed by atoms with Gasteiger partial charge in [-0.3, -0.25) is 14.5 Å². The van der Waals surface area contributed by atoms with Gasteiger partial charge in [0.05, 0.1) is 12.1 Å². The first-order valence-electron chi connectivity index (χ1n) is 9.94. The zero-order valence-corrected chi connectivity index (χ0v) is 17.4. The fourth-order valence-electron chi connectivity index (χ4n) is 3.29. The molecule has 7 heteroatoms. The van der Waals surface area contributed by atoms with Gasteiger partial charge in [-0.2, -0.15) is 0 Å². The largest absolute Gasteiger partial charge is 0.489 e. The third-order valence-corrected chi connectivity index (χ3v) is 5.73. The maximum Gasteiger partial charge on any atom is 0.228 e. The molecule has 0 unspecified atom stereocenters. The molecule has 4 rings (SSSR count). The molecule has 2 aromatic carbocycles. The van der Waals surface area contributed by atoms with Crippen molar-refractivity contribution in [2.24, 2.45) is 0 Å². The van der Waals surface area contributed by atoms with Crippen molar-refractivity contribution in [2.75, 3.05) is 11.4 Å². The lowest BCUT2D eigenvalue weighted by molar-refractivity contribution is -0.120. The summed E-state index contributed by atoms with van der Waals surface area (Å²) in [4.78, 5) is 30.3. The Balaban J connectivity index is 1.27. The summed E-state index contributed by atoms with van der Waals surface area (Å²) < 4.78 is 5.78. The van der Waals surface area contributed by atoms with E-state index in [9.17, 15) is 9.59 Å². The Kier molecular flexibility index (Phi) is 6.39. The van der Waals surface area contributed by atoms with Gasteiger partial charge >= 0.3 is 0 Å². The number of thiazole rings is 1. The van der Waals surface area contributed by atoms with Gasteiger partial charge in [0.1, 0.15) is 12.4 Å². The molecule has 1 aromatic heterocycles. The van der Waals surface area contributed by atoms with E-state index in [4.69, 9.17) is 4.74 Å². The molecule has 0 radical (unpaired) electrons. The number of carbonyl (C=O) groups is 2. The number of rotatable bonds is 8. The zero-order chi connectivity index (χ0) is 20.8. The summed E-state index contributed by atoms with van der Waals surface area (Å²) >= 11 is 1.41. The van der Waals surface area contributed by atoms with Crippen LogP contribution in [0.25, 0.3) is 0 Å². The Bertz CT molecular complexity index is 1020. The minimum atomic E-state index is -0.0921. The molecule has 6 nitrogen and oxygen atoms in total. The highest BCUT2D eigenvalue weighted by atomic mass is 32.1. The number of hydrogen-bond acceptors (Lipinski definition) is 5. The molecule has 0 saturated carbocycles. The fourth-order valence-corrected chi connectivity index (χ4v) is 4.16. The molecule has 0 bridgehead atoms. The smallest absolute Gasteiger partial charge is 0.228 e. The van der Waals surface area contributed by atoms with Crippen LogP contribution in [-0.2, 0) is 29.2 Å². The van der Waals surface area contributed by atoms with Crippen LogP contribution in [0.3, 0.4) is 0 Å². The number of para-hydroxylation sites is 1. The number of carbonyl (C=O) groups excluding carboxylic acids is 2. The van der Waals surface area contributed by atoms with Gasteiger partial charge in [0.2, 0.25) is 11.8 Å². The Morgan fingerprint density at radius 2 is 1.97 bits per heavy atom. The van der Waals surface area contributed by atoms with E-state index < -0.39 is 0 Å². The van der Waals surface area contributed by atoms with Crippen LogP contribution >= 0.6 is 11.3 Å². The third kappa shape index (κ3) is 5.24. The summed E-state index contributed by atoms with van der Waals surface area (Å²) in [5.41, 5.74) is 2.75. The van der Waals surface area contributed by atoms with Crippen molar-refractivity contribution in [1.82, 2.24) is 10.3 Å². The van der Waals surface area contributed by atoms with Crippen LogP contribution in [0.1, 0.15) is 29.7 Å². The van der Waals surface area contributed by atoms with Crippen molar-refractivity contribution < 1.29 is 14.3 Å². The van der Waals surface area contributed by atoms with Crippen LogP contribution in [0.5, 0.6) is 5.75 Å². The number of nitrogens with zero attached hydrogens (tertiary/aromatic N) is 2. The van der Waals surface area contributed by atoms with Crippen molar-refractivity contribution >= 4 is 28.3 Å². The van der Waals surface area contributed by atoms with Gasteiger partial charge in [0, 0.05) is 24.9 Å². The second kappa shape index (κ2) is 9.54. The van der Waals surface area contributed by atoms with Crippen molar-refractivity contribution in [3.8, 4) is 5.75 Å². The highest BCUT2D eigenvalue weighted by Gasteiger charge is 2.24. The molecular weight excluding hydrogens is 398 g/mol. The first kappa shape index (κ1) is 20.1. The van der Waals surface area contributed by atoms with Gasteiger partial charge in [-0.15, -0.1) is 11.3 Å². The van der Waals surface area contributed by atoms with Gasteiger partial charge in [-0.25, -0.2) is 4.98 Å². The Morgan fingerprint density at radius 1 is 1.13 bits per heavy atom. The topological polar surface area (TPSA) is 71.5 Å². The predicted molar refractivity (Wildman–Crippen MR) is 116 cm³/mol. The van der Waals surface area contributed by atoms with Crippen LogP contribution < -0.4 is 15.0 Å². The number of benzene rings is 2. The minimum Gasteiger partial charge on any atom is -0.489 e. The van der Waals surface area contributed by atoms with Crippen LogP contribution in [0, 0.1) is 0 Å². The van der Waals surface area contributed by atoms with Crippen LogP contribution in [0.15, 0.2) is 60.0 Å². The summed E-state index contributed by atoms with van der Waals surface area (Å²) in [5, 5.41) is 5.48. The Labute approximate surface area is 179 Å². The number of amides is 2. The number of hydrogen-bond donors (Lipinski definition) is 1.